The lowest BCUT2D eigenvalue weighted by molar-refractivity contribution is 0.300. The highest BCUT2D eigenvalue weighted by Crippen LogP contribution is 2.21. The SMILES string of the molecule is Cc1ccc(COc2ccccc2CNC2CCCCCCC2)cc1. The Balaban J connectivity index is 1.55. The van der Waals surface area contributed by atoms with Crippen LogP contribution in [0.2, 0.25) is 0 Å². The summed E-state index contributed by atoms with van der Waals surface area (Å²) in [4.78, 5) is 0. The third-order valence-electron chi connectivity index (χ3n) is 5.17. The van der Waals surface area contributed by atoms with E-state index in [4.69, 9.17) is 4.74 Å². The molecule has 1 aliphatic carbocycles. The van der Waals surface area contributed by atoms with Gasteiger partial charge in [0.1, 0.15) is 12.4 Å². The van der Waals surface area contributed by atoms with E-state index in [9.17, 15) is 0 Å². The average molecular weight is 338 g/mol. The van der Waals surface area contributed by atoms with Gasteiger partial charge in [-0.1, -0.05) is 80.1 Å². The minimum absolute atomic E-state index is 0.626. The molecule has 0 spiro atoms. The fraction of sp³-hybridized carbons (Fsp3) is 0.478. The van der Waals surface area contributed by atoms with Crippen molar-refractivity contribution in [2.45, 2.75) is 71.1 Å². The van der Waals surface area contributed by atoms with E-state index in [-0.39, 0.29) is 0 Å². The quantitative estimate of drug-likeness (QED) is 0.722. The van der Waals surface area contributed by atoms with Crippen LogP contribution >= 0.6 is 0 Å². The van der Waals surface area contributed by atoms with Gasteiger partial charge >= 0.3 is 0 Å². The number of rotatable bonds is 6. The maximum atomic E-state index is 6.11. The van der Waals surface area contributed by atoms with Crippen molar-refractivity contribution >= 4 is 0 Å². The summed E-state index contributed by atoms with van der Waals surface area (Å²) in [5.41, 5.74) is 3.76. The number of aryl methyl sites for hydroxylation is 1. The minimum Gasteiger partial charge on any atom is -0.489 e. The van der Waals surface area contributed by atoms with Gasteiger partial charge in [0, 0.05) is 18.2 Å². The fourth-order valence-electron chi connectivity index (χ4n) is 3.55. The van der Waals surface area contributed by atoms with E-state index in [1.165, 1.54) is 61.6 Å². The van der Waals surface area contributed by atoms with Crippen LogP contribution in [0.25, 0.3) is 0 Å². The highest BCUT2D eigenvalue weighted by molar-refractivity contribution is 5.33. The first kappa shape index (κ1) is 18.0. The van der Waals surface area contributed by atoms with Gasteiger partial charge < -0.3 is 10.1 Å². The molecule has 0 bridgehead atoms. The molecule has 0 aromatic heterocycles. The number of para-hydroxylation sites is 1. The number of nitrogens with one attached hydrogen (secondary N) is 1. The lowest BCUT2D eigenvalue weighted by Crippen LogP contribution is -2.29. The molecular weight excluding hydrogens is 306 g/mol. The van der Waals surface area contributed by atoms with Crippen LogP contribution < -0.4 is 10.1 Å². The van der Waals surface area contributed by atoms with Gasteiger partial charge in [-0.05, 0) is 31.4 Å². The standard InChI is InChI=1S/C23H31NO/c1-19-13-15-20(16-14-19)18-25-23-12-8-7-9-21(23)17-24-22-10-5-3-2-4-6-11-22/h7-9,12-16,22,24H,2-6,10-11,17-18H2,1H3. The van der Waals surface area contributed by atoms with Crippen LogP contribution in [0.15, 0.2) is 48.5 Å². The molecule has 0 unspecified atom stereocenters. The lowest BCUT2D eigenvalue weighted by atomic mass is 9.96. The molecule has 1 fully saturated rings. The molecule has 0 heterocycles. The Hall–Kier alpha value is -1.80. The zero-order valence-electron chi connectivity index (χ0n) is 15.5. The summed E-state index contributed by atoms with van der Waals surface area (Å²) in [6, 6.07) is 17.7. The molecule has 25 heavy (non-hydrogen) atoms. The summed E-state index contributed by atoms with van der Waals surface area (Å²) in [6.07, 6.45) is 9.57. The normalized spacial score (nSPS) is 16.2. The van der Waals surface area contributed by atoms with Crippen LogP contribution in [0.1, 0.15) is 61.6 Å². The molecule has 3 rings (SSSR count). The maximum Gasteiger partial charge on any atom is 0.124 e. The molecule has 1 N–H and O–H groups in total. The summed E-state index contributed by atoms with van der Waals surface area (Å²) < 4.78 is 6.11. The maximum absolute atomic E-state index is 6.11. The summed E-state index contributed by atoms with van der Waals surface area (Å²) in [6.45, 7) is 3.64. The van der Waals surface area contributed by atoms with Crippen LogP contribution in [0.5, 0.6) is 5.75 Å². The van der Waals surface area contributed by atoms with E-state index < -0.39 is 0 Å². The van der Waals surface area contributed by atoms with Gasteiger partial charge in [-0.25, -0.2) is 0 Å². The van der Waals surface area contributed by atoms with Crippen molar-refractivity contribution in [2.75, 3.05) is 0 Å². The Kier molecular flexibility index (Phi) is 6.93. The Labute approximate surface area is 152 Å². The lowest BCUT2D eigenvalue weighted by Gasteiger charge is -2.22. The van der Waals surface area contributed by atoms with Crippen LogP contribution in [-0.2, 0) is 13.2 Å². The van der Waals surface area contributed by atoms with E-state index in [1.807, 2.05) is 0 Å². The monoisotopic (exact) mass is 337 g/mol. The first-order valence-electron chi connectivity index (χ1n) is 9.81. The van der Waals surface area contributed by atoms with Crippen molar-refractivity contribution < 1.29 is 4.74 Å². The van der Waals surface area contributed by atoms with Gasteiger partial charge in [0.2, 0.25) is 0 Å². The van der Waals surface area contributed by atoms with E-state index >= 15 is 0 Å². The Morgan fingerprint density at radius 2 is 1.56 bits per heavy atom. The summed E-state index contributed by atoms with van der Waals surface area (Å²) in [7, 11) is 0. The number of benzene rings is 2. The minimum atomic E-state index is 0.626. The molecule has 0 atom stereocenters. The highest BCUT2D eigenvalue weighted by atomic mass is 16.5. The Bertz CT molecular complexity index is 627. The van der Waals surface area contributed by atoms with Crippen LogP contribution in [-0.4, -0.2) is 6.04 Å². The van der Waals surface area contributed by atoms with Crippen molar-refractivity contribution in [1.29, 1.82) is 0 Å². The summed E-state index contributed by atoms with van der Waals surface area (Å²) in [5, 5.41) is 3.77. The molecule has 0 amide bonds. The van der Waals surface area contributed by atoms with Gasteiger partial charge in [0.15, 0.2) is 0 Å². The molecule has 0 saturated heterocycles. The first-order valence-corrected chi connectivity index (χ1v) is 9.81. The number of ether oxygens (including phenoxy) is 1. The van der Waals surface area contributed by atoms with Crippen LogP contribution in [0.4, 0.5) is 0 Å². The fourth-order valence-corrected chi connectivity index (χ4v) is 3.55. The second kappa shape index (κ2) is 9.62. The molecule has 2 aromatic carbocycles. The smallest absolute Gasteiger partial charge is 0.124 e. The van der Waals surface area contributed by atoms with Gasteiger partial charge in [0.05, 0.1) is 0 Å². The second-order valence-electron chi connectivity index (χ2n) is 7.30. The first-order chi connectivity index (χ1) is 12.3. The Morgan fingerprint density at radius 1 is 0.880 bits per heavy atom. The molecule has 1 aliphatic rings. The van der Waals surface area contributed by atoms with Gasteiger partial charge in [-0.2, -0.15) is 0 Å². The zero-order chi connectivity index (χ0) is 17.3. The molecular formula is C23H31NO. The number of hydrogen-bond acceptors (Lipinski definition) is 2. The topological polar surface area (TPSA) is 21.3 Å². The predicted molar refractivity (Wildman–Crippen MR) is 105 cm³/mol. The third kappa shape index (κ3) is 5.89. The molecule has 1 saturated carbocycles. The van der Waals surface area contributed by atoms with Crippen molar-refractivity contribution in [3.8, 4) is 5.75 Å². The Morgan fingerprint density at radius 3 is 2.32 bits per heavy atom. The van der Waals surface area contributed by atoms with Crippen molar-refractivity contribution in [3.05, 3.63) is 65.2 Å². The molecule has 2 heteroatoms. The van der Waals surface area contributed by atoms with Crippen molar-refractivity contribution in [1.82, 2.24) is 5.32 Å². The summed E-state index contributed by atoms with van der Waals surface area (Å²) in [5.74, 6) is 1.00. The molecule has 0 aliphatic heterocycles. The number of hydrogen-bond donors (Lipinski definition) is 1. The zero-order valence-corrected chi connectivity index (χ0v) is 15.5. The van der Waals surface area contributed by atoms with E-state index in [0.717, 1.165) is 12.3 Å². The van der Waals surface area contributed by atoms with Crippen LogP contribution in [0.3, 0.4) is 0 Å². The average Bonchev–Trinajstić information content (AvgIpc) is 2.61. The van der Waals surface area contributed by atoms with Gasteiger partial charge in [-0.3, -0.25) is 0 Å². The third-order valence-corrected chi connectivity index (χ3v) is 5.17. The van der Waals surface area contributed by atoms with Gasteiger partial charge in [0.25, 0.3) is 0 Å². The van der Waals surface area contributed by atoms with E-state index in [2.05, 4.69) is 60.8 Å². The summed E-state index contributed by atoms with van der Waals surface area (Å²) >= 11 is 0. The van der Waals surface area contributed by atoms with E-state index in [1.54, 1.807) is 0 Å². The van der Waals surface area contributed by atoms with Crippen molar-refractivity contribution in [3.63, 3.8) is 0 Å². The molecule has 2 nitrogen and oxygen atoms in total. The molecule has 2 aromatic rings. The molecule has 0 radical (unpaired) electrons. The van der Waals surface area contributed by atoms with Crippen LogP contribution in [0, 0.1) is 6.92 Å². The largest absolute Gasteiger partial charge is 0.489 e. The highest BCUT2D eigenvalue weighted by Gasteiger charge is 2.12. The molecule has 134 valence electrons. The van der Waals surface area contributed by atoms with Crippen molar-refractivity contribution in [2.24, 2.45) is 0 Å². The van der Waals surface area contributed by atoms with Gasteiger partial charge in [-0.15, -0.1) is 0 Å². The van der Waals surface area contributed by atoms with E-state index in [0.29, 0.717) is 12.6 Å². The second-order valence-corrected chi connectivity index (χ2v) is 7.30. The predicted octanol–water partition coefficient (Wildman–Crippen LogP) is 5.78.